The summed E-state index contributed by atoms with van der Waals surface area (Å²) in [4.78, 5) is 35.3. The van der Waals surface area contributed by atoms with Gasteiger partial charge in [0.1, 0.15) is 10.3 Å². The lowest BCUT2D eigenvalue weighted by molar-refractivity contribution is -0.127. The van der Waals surface area contributed by atoms with E-state index in [1.807, 2.05) is 18.7 Å². The molecule has 0 bridgehead atoms. The molecule has 112 valence electrons. The molecule has 2 aromatic rings. The zero-order chi connectivity index (χ0) is 15.0. The van der Waals surface area contributed by atoms with Crippen molar-refractivity contribution < 1.29 is 4.79 Å². The first kappa shape index (κ1) is 14.6. The molecule has 0 aliphatic carbocycles. The van der Waals surface area contributed by atoms with Gasteiger partial charge in [-0.25, -0.2) is 4.98 Å². The van der Waals surface area contributed by atoms with E-state index in [0.29, 0.717) is 16.4 Å². The molecule has 1 amide bonds. The van der Waals surface area contributed by atoms with Crippen LogP contribution >= 0.6 is 23.1 Å². The van der Waals surface area contributed by atoms with Crippen molar-refractivity contribution in [1.29, 1.82) is 0 Å². The molecule has 3 heterocycles. The molecule has 1 aliphatic heterocycles. The summed E-state index contributed by atoms with van der Waals surface area (Å²) >= 11 is 2.88. The van der Waals surface area contributed by atoms with Crippen LogP contribution in [0.25, 0.3) is 10.3 Å². The maximum atomic E-state index is 12.2. The number of nitrogens with one attached hydrogen (secondary N) is 1. The summed E-state index contributed by atoms with van der Waals surface area (Å²) in [6.45, 7) is 5.49. The third-order valence-corrected chi connectivity index (χ3v) is 5.74. The zero-order valence-corrected chi connectivity index (χ0v) is 13.7. The molecule has 21 heavy (non-hydrogen) atoms. The summed E-state index contributed by atoms with van der Waals surface area (Å²) in [7, 11) is 0. The molecule has 1 fully saturated rings. The van der Waals surface area contributed by atoms with Gasteiger partial charge in [0.15, 0.2) is 5.16 Å². The number of carbonyl (C=O) groups is 1. The first-order valence-electron chi connectivity index (χ1n) is 6.97. The Kier molecular flexibility index (Phi) is 4.03. The van der Waals surface area contributed by atoms with Crippen molar-refractivity contribution in [2.24, 2.45) is 0 Å². The SMILES string of the molecule is Cc1sc2nc(SCC(=O)N3CCCC3)[nH]c2c(=O)c1C. The van der Waals surface area contributed by atoms with Crippen molar-refractivity contribution >= 4 is 39.4 Å². The number of rotatable bonds is 3. The van der Waals surface area contributed by atoms with E-state index < -0.39 is 0 Å². The lowest BCUT2D eigenvalue weighted by atomic mass is 10.3. The number of H-pyrrole nitrogens is 1. The number of amides is 1. The second-order valence-corrected chi connectivity index (χ2v) is 7.38. The monoisotopic (exact) mass is 323 g/mol. The van der Waals surface area contributed by atoms with E-state index in [-0.39, 0.29) is 11.3 Å². The van der Waals surface area contributed by atoms with Crippen LogP contribution in [-0.2, 0) is 4.79 Å². The third kappa shape index (κ3) is 2.85. The van der Waals surface area contributed by atoms with Gasteiger partial charge in [-0.2, -0.15) is 0 Å². The number of aromatic nitrogens is 2. The van der Waals surface area contributed by atoms with E-state index in [2.05, 4.69) is 9.97 Å². The number of aromatic amines is 1. The summed E-state index contributed by atoms with van der Waals surface area (Å²) in [6.07, 6.45) is 2.20. The van der Waals surface area contributed by atoms with Gasteiger partial charge >= 0.3 is 0 Å². The van der Waals surface area contributed by atoms with E-state index in [0.717, 1.165) is 41.2 Å². The molecule has 2 aromatic heterocycles. The number of nitrogens with zero attached hydrogens (tertiary/aromatic N) is 2. The quantitative estimate of drug-likeness (QED) is 0.880. The Morgan fingerprint density at radius 1 is 1.38 bits per heavy atom. The highest BCUT2D eigenvalue weighted by Gasteiger charge is 2.19. The zero-order valence-electron chi connectivity index (χ0n) is 12.1. The van der Waals surface area contributed by atoms with Crippen LogP contribution in [0.4, 0.5) is 0 Å². The predicted octanol–water partition coefficient (Wildman–Crippen LogP) is 2.32. The van der Waals surface area contributed by atoms with Crippen molar-refractivity contribution in [3.05, 3.63) is 20.7 Å². The van der Waals surface area contributed by atoms with E-state index in [4.69, 9.17) is 0 Å². The summed E-state index contributed by atoms with van der Waals surface area (Å²) in [5, 5.41) is 0.649. The molecular weight excluding hydrogens is 306 g/mol. The third-order valence-electron chi connectivity index (χ3n) is 3.79. The number of thioether (sulfide) groups is 1. The van der Waals surface area contributed by atoms with Crippen molar-refractivity contribution in [3.63, 3.8) is 0 Å². The second-order valence-electron chi connectivity index (χ2n) is 5.21. The van der Waals surface area contributed by atoms with Crippen LogP contribution in [0.15, 0.2) is 9.95 Å². The van der Waals surface area contributed by atoms with E-state index in [1.165, 1.54) is 23.1 Å². The molecule has 1 saturated heterocycles. The number of aryl methyl sites for hydroxylation is 1. The summed E-state index contributed by atoms with van der Waals surface area (Å²) in [6, 6.07) is 0. The molecule has 0 unspecified atom stereocenters. The second kappa shape index (κ2) is 5.81. The minimum atomic E-state index is 0.00599. The maximum absolute atomic E-state index is 12.2. The number of likely N-dealkylation sites (tertiary alicyclic amines) is 1. The van der Waals surface area contributed by atoms with Gasteiger partial charge in [0.05, 0.1) is 5.75 Å². The average Bonchev–Trinajstić information content (AvgIpc) is 3.11. The number of fused-ring (bicyclic) bond motifs is 1. The fourth-order valence-corrected chi connectivity index (χ4v) is 4.14. The largest absolute Gasteiger partial charge is 0.342 e. The summed E-state index contributed by atoms with van der Waals surface area (Å²) < 4.78 is 0. The van der Waals surface area contributed by atoms with Crippen LogP contribution in [0.2, 0.25) is 0 Å². The summed E-state index contributed by atoms with van der Waals surface area (Å²) in [5.41, 5.74) is 1.33. The van der Waals surface area contributed by atoms with Crippen LogP contribution in [0.1, 0.15) is 23.3 Å². The lowest BCUT2D eigenvalue weighted by Crippen LogP contribution is -2.29. The standard InChI is InChI=1S/C14H17N3O2S2/c1-8-9(2)21-13-11(12(8)19)15-14(16-13)20-7-10(18)17-5-3-4-6-17/h3-7H2,1-2H3,(H,15,16). The number of carbonyl (C=O) groups excluding carboxylic acids is 1. The molecule has 0 spiro atoms. The fraction of sp³-hybridized carbons (Fsp3) is 0.500. The highest BCUT2D eigenvalue weighted by molar-refractivity contribution is 7.99. The van der Waals surface area contributed by atoms with Crippen LogP contribution in [0.3, 0.4) is 0 Å². The van der Waals surface area contributed by atoms with E-state index in [9.17, 15) is 9.59 Å². The normalized spacial score (nSPS) is 15.0. The molecule has 1 N–H and O–H groups in total. The Balaban J connectivity index is 1.77. The van der Waals surface area contributed by atoms with Crippen molar-refractivity contribution in [2.75, 3.05) is 18.8 Å². The number of hydrogen-bond acceptors (Lipinski definition) is 5. The van der Waals surface area contributed by atoms with Gasteiger partial charge in [-0.15, -0.1) is 11.3 Å². The van der Waals surface area contributed by atoms with Gasteiger partial charge in [0.2, 0.25) is 11.3 Å². The Morgan fingerprint density at radius 3 is 2.81 bits per heavy atom. The molecule has 3 rings (SSSR count). The van der Waals surface area contributed by atoms with Gasteiger partial charge in [-0.3, -0.25) is 9.59 Å². The average molecular weight is 323 g/mol. The number of imidazole rings is 1. The van der Waals surface area contributed by atoms with Crippen molar-refractivity contribution in [3.8, 4) is 0 Å². The fourth-order valence-electron chi connectivity index (χ4n) is 2.39. The molecule has 7 heteroatoms. The molecule has 1 aliphatic rings. The molecule has 0 saturated carbocycles. The van der Waals surface area contributed by atoms with Gasteiger partial charge in [0.25, 0.3) is 0 Å². The van der Waals surface area contributed by atoms with Gasteiger partial charge in [-0.05, 0) is 26.7 Å². The smallest absolute Gasteiger partial charge is 0.233 e. The predicted molar refractivity (Wildman–Crippen MR) is 86.3 cm³/mol. The van der Waals surface area contributed by atoms with Crippen LogP contribution in [-0.4, -0.2) is 39.6 Å². The van der Waals surface area contributed by atoms with Crippen molar-refractivity contribution in [2.45, 2.75) is 31.8 Å². The van der Waals surface area contributed by atoms with Gasteiger partial charge in [0, 0.05) is 23.5 Å². The Labute approximate surface area is 130 Å². The minimum Gasteiger partial charge on any atom is -0.342 e. The molecule has 5 nitrogen and oxygen atoms in total. The Hall–Kier alpha value is -1.34. The highest BCUT2D eigenvalue weighted by Crippen LogP contribution is 2.24. The van der Waals surface area contributed by atoms with E-state index >= 15 is 0 Å². The molecule has 0 atom stereocenters. The first-order valence-corrected chi connectivity index (χ1v) is 8.77. The Bertz CT molecular complexity index is 744. The van der Waals surface area contributed by atoms with Gasteiger partial charge in [-0.1, -0.05) is 11.8 Å². The van der Waals surface area contributed by atoms with E-state index in [1.54, 1.807) is 0 Å². The molecule has 0 radical (unpaired) electrons. The Morgan fingerprint density at radius 2 is 2.10 bits per heavy atom. The number of hydrogen-bond donors (Lipinski definition) is 1. The maximum Gasteiger partial charge on any atom is 0.233 e. The lowest BCUT2D eigenvalue weighted by Gasteiger charge is -2.13. The molecule has 0 aromatic carbocycles. The topological polar surface area (TPSA) is 66.1 Å². The molecular formula is C14H17N3O2S2. The van der Waals surface area contributed by atoms with Crippen LogP contribution in [0, 0.1) is 13.8 Å². The van der Waals surface area contributed by atoms with Crippen LogP contribution < -0.4 is 5.43 Å². The minimum absolute atomic E-state index is 0.00599. The highest BCUT2D eigenvalue weighted by atomic mass is 32.2. The summed E-state index contributed by atoms with van der Waals surface area (Å²) in [5.74, 6) is 0.521. The first-order chi connectivity index (χ1) is 10.1. The van der Waals surface area contributed by atoms with Crippen molar-refractivity contribution in [1.82, 2.24) is 14.9 Å². The van der Waals surface area contributed by atoms with Crippen LogP contribution in [0.5, 0.6) is 0 Å². The van der Waals surface area contributed by atoms with Gasteiger partial charge < -0.3 is 9.88 Å².